The van der Waals surface area contributed by atoms with E-state index in [0.29, 0.717) is 32.5 Å². The van der Waals surface area contributed by atoms with Crippen molar-refractivity contribution in [3.63, 3.8) is 0 Å². The van der Waals surface area contributed by atoms with Crippen molar-refractivity contribution in [3.8, 4) is 0 Å². The van der Waals surface area contributed by atoms with Crippen LogP contribution in [0, 0.1) is 56.2 Å². The maximum atomic E-state index is 4.55. The van der Waals surface area contributed by atoms with Crippen LogP contribution in [0.2, 0.25) is 0 Å². The Bertz CT molecular complexity index is 2770. The number of rotatable bonds is 18. The van der Waals surface area contributed by atoms with Crippen LogP contribution in [0.15, 0.2) is 115 Å². The molecule has 9 rings (SSSR count). The first-order valence-corrected chi connectivity index (χ1v) is 38.1. The van der Waals surface area contributed by atoms with E-state index in [0.717, 1.165) is 62.2 Å². The molecule has 0 N–H and O–H groups in total. The number of hydrogen-bond donors (Lipinski definition) is 0. The van der Waals surface area contributed by atoms with E-state index < -0.39 is 0 Å². The number of hydrogen-bond acceptors (Lipinski definition) is 1. The first kappa shape index (κ1) is 77.2. The number of nitrogens with zero attached hydrogens (tertiary/aromatic N) is 5. The largest absolute Gasteiger partial charge is 0.322 e. The van der Waals surface area contributed by atoms with Crippen LogP contribution >= 0.6 is 0 Å². The van der Waals surface area contributed by atoms with Crippen LogP contribution in [0.25, 0.3) is 0 Å². The maximum absolute atomic E-state index is 4.55. The molecule has 0 aliphatic carbocycles. The number of benzene rings is 4. The minimum Gasteiger partial charge on any atom is -0.322 e. The first-order chi connectivity index (χ1) is 43.5. The molecule has 4 aliphatic rings. The summed E-state index contributed by atoms with van der Waals surface area (Å²) in [6.45, 7) is 57.0. The van der Waals surface area contributed by atoms with Crippen LogP contribution in [0.3, 0.4) is 0 Å². The Morgan fingerprint density at radius 1 is 0.266 bits per heavy atom. The predicted molar refractivity (Wildman–Crippen MR) is 408 cm³/mol. The lowest BCUT2D eigenvalue weighted by Gasteiger charge is -2.46. The van der Waals surface area contributed by atoms with Gasteiger partial charge < -0.3 is 17.9 Å². The summed E-state index contributed by atoms with van der Waals surface area (Å²) in [6.07, 6.45) is 23.1. The highest BCUT2D eigenvalue weighted by Gasteiger charge is 2.39. The van der Waals surface area contributed by atoms with Crippen LogP contribution < -0.4 is 0 Å². The molecule has 0 bridgehead atoms. The second-order valence-electron chi connectivity index (χ2n) is 40.4. The molecule has 4 aliphatic heterocycles. The zero-order valence-corrected chi connectivity index (χ0v) is 65.3. The average Bonchev–Trinajstić information content (AvgIpc) is 0.820. The average molecular weight is 1290 g/mol. The Labute approximate surface area is 581 Å². The van der Waals surface area contributed by atoms with Crippen LogP contribution in [0.4, 0.5) is 0 Å². The molecule has 0 atom stereocenters. The molecule has 0 unspecified atom stereocenters. The van der Waals surface area contributed by atoms with Gasteiger partial charge in [-0.3, -0.25) is 4.98 Å². The van der Waals surface area contributed by atoms with Crippen LogP contribution in [-0.4, -0.2) is 103 Å². The summed E-state index contributed by atoms with van der Waals surface area (Å²) < 4.78 is 4.90. The molecule has 4 saturated heterocycles. The van der Waals surface area contributed by atoms with E-state index in [1.165, 1.54) is 216 Å². The van der Waals surface area contributed by atoms with Gasteiger partial charge in [0, 0.05) is 34.1 Å². The lowest BCUT2D eigenvalue weighted by atomic mass is 9.77. The van der Waals surface area contributed by atoms with Crippen molar-refractivity contribution >= 4 is 0 Å². The fourth-order valence-electron chi connectivity index (χ4n) is 16.6. The molecule has 5 heterocycles. The number of likely N-dealkylation sites (tertiary alicyclic amines) is 4. The molecular weight excluding hydrogens is 1140 g/mol. The van der Waals surface area contributed by atoms with E-state index >= 15 is 0 Å². The summed E-state index contributed by atoms with van der Waals surface area (Å²) in [6, 6.07) is 42.5. The Balaban J connectivity index is 0.000000217. The van der Waals surface area contributed by atoms with Crippen molar-refractivity contribution in [2.45, 2.75) is 254 Å². The Hall–Kier alpha value is -4.13. The molecule has 4 aromatic carbocycles. The van der Waals surface area contributed by atoms with Gasteiger partial charge in [-0.15, -0.1) is 0 Å². The summed E-state index contributed by atoms with van der Waals surface area (Å²) in [5, 5.41) is 0. The zero-order chi connectivity index (χ0) is 69.0. The third-order valence-corrected chi connectivity index (χ3v) is 21.7. The van der Waals surface area contributed by atoms with E-state index in [2.05, 4.69) is 267 Å². The van der Waals surface area contributed by atoms with Crippen molar-refractivity contribution in [2.75, 3.05) is 80.5 Å². The van der Waals surface area contributed by atoms with Gasteiger partial charge in [0.1, 0.15) is 26.2 Å². The van der Waals surface area contributed by atoms with Gasteiger partial charge in [0.25, 0.3) is 0 Å². The standard InChI is InChI=1S/C38H62N2.C36H58N2.C15H25N/c1-37(2,3)27-33-11-15-35(16-12-33)29-39(7)23-19-31(20-24-39)9-10-32-21-25-40(8,26-22-32)30-36-17-13-34(14-18-36)28-38(4,5)6;1-35(2,3)25-29-9-13-31(14-10-29)27-37(7)21-17-33(18-22-37)34-19-23-38(8,24-20-34)28-32-15-11-30(12-16-32)26-36(4,5)6;1-14(2,3)9-12-7-8-13(16-11-12)10-15(4,5)6/h11-18,31-32H,9-10,19-30H2,1-8H3;9-16,33-34H,17-28H2,1-8H3;7-8,11H,9-10H2,1-6H3/q2*+2;. The van der Waals surface area contributed by atoms with Gasteiger partial charge in [-0.05, 0) is 193 Å². The van der Waals surface area contributed by atoms with Crippen molar-refractivity contribution in [1.82, 2.24) is 4.98 Å². The molecule has 1 aromatic heterocycles. The summed E-state index contributed by atoms with van der Waals surface area (Å²) in [4.78, 5) is 4.55. The fourth-order valence-corrected chi connectivity index (χ4v) is 16.6. The predicted octanol–water partition coefficient (Wildman–Crippen LogP) is 21.6. The third-order valence-electron chi connectivity index (χ3n) is 21.7. The highest BCUT2D eigenvalue weighted by molar-refractivity contribution is 5.26. The molecule has 4 fully saturated rings. The maximum Gasteiger partial charge on any atom is 0.104 e. The van der Waals surface area contributed by atoms with Gasteiger partial charge >= 0.3 is 0 Å². The second-order valence-corrected chi connectivity index (χ2v) is 40.4. The van der Waals surface area contributed by atoms with E-state index in [1.54, 1.807) is 0 Å². The SMILES string of the molecule is CC(C)(C)Cc1ccc(CC(C)(C)C)nc1.CC(C)(C)Cc1ccc(C[N+]2(C)CCC(C3CC[N+](C)(Cc4ccc(CC(C)(C)C)cc4)CC3)CC2)cc1.CC(C)(C)Cc1ccc(C[N+]2(C)CCC(CCC3CC[N+](C)(Cc4ccc(CC(C)(C)C)cc4)CC3)CC2)cc1. The summed E-state index contributed by atoms with van der Waals surface area (Å²) in [7, 11) is 10.00. The molecule has 94 heavy (non-hydrogen) atoms. The minimum atomic E-state index is 0.318. The Morgan fingerprint density at radius 3 is 0.681 bits per heavy atom. The van der Waals surface area contributed by atoms with Crippen molar-refractivity contribution in [3.05, 3.63) is 171 Å². The summed E-state index contributed by atoms with van der Waals surface area (Å²) >= 11 is 0. The van der Waals surface area contributed by atoms with Gasteiger partial charge in [0.2, 0.25) is 0 Å². The highest BCUT2D eigenvalue weighted by Crippen LogP contribution is 2.39. The highest BCUT2D eigenvalue weighted by atomic mass is 15.4. The molecule has 5 nitrogen and oxygen atoms in total. The van der Waals surface area contributed by atoms with E-state index in [9.17, 15) is 0 Å². The van der Waals surface area contributed by atoms with Crippen molar-refractivity contribution in [1.29, 1.82) is 0 Å². The van der Waals surface area contributed by atoms with Crippen molar-refractivity contribution in [2.24, 2.45) is 56.2 Å². The smallest absolute Gasteiger partial charge is 0.104 e. The molecule has 0 spiro atoms. The third kappa shape index (κ3) is 28.4. The minimum absolute atomic E-state index is 0.318. The lowest BCUT2D eigenvalue weighted by Crippen LogP contribution is -2.53. The van der Waals surface area contributed by atoms with Gasteiger partial charge in [0.15, 0.2) is 0 Å². The summed E-state index contributed by atoms with van der Waals surface area (Å²) in [5.41, 5.74) is 16.6. The molecule has 5 aromatic rings. The molecule has 522 valence electrons. The van der Waals surface area contributed by atoms with Crippen LogP contribution in [-0.2, 0) is 64.7 Å². The normalized spacial score (nSPS) is 25.8. The van der Waals surface area contributed by atoms with Gasteiger partial charge in [-0.25, -0.2) is 0 Å². The summed E-state index contributed by atoms with van der Waals surface area (Å²) in [5.74, 6) is 3.80. The monoisotopic (exact) mass is 1280 g/mol. The Kier molecular flexibility index (Phi) is 26.5. The van der Waals surface area contributed by atoms with Crippen molar-refractivity contribution < 1.29 is 17.9 Å². The van der Waals surface area contributed by atoms with Gasteiger partial charge in [-0.1, -0.05) is 228 Å². The second kappa shape index (κ2) is 32.2. The molecular formula is C89H145N5+4. The molecule has 5 heteroatoms. The van der Waals surface area contributed by atoms with Gasteiger partial charge in [0.05, 0.1) is 80.5 Å². The fraction of sp³-hybridized carbons (Fsp3) is 0.674. The van der Waals surface area contributed by atoms with Crippen LogP contribution in [0.5, 0.6) is 0 Å². The van der Waals surface area contributed by atoms with E-state index in [-0.39, 0.29) is 0 Å². The number of quaternary nitrogens is 4. The zero-order valence-electron chi connectivity index (χ0n) is 65.3. The first-order valence-electron chi connectivity index (χ1n) is 38.1. The topological polar surface area (TPSA) is 12.9 Å². The van der Waals surface area contributed by atoms with E-state index in [4.69, 9.17) is 0 Å². The molecule has 0 amide bonds. The number of piperidine rings is 4. The molecule has 0 saturated carbocycles. The quantitative estimate of drug-likeness (QED) is 0.0797. The van der Waals surface area contributed by atoms with Gasteiger partial charge in [-0.2, -0.15) is 0 Å². The van der Waals surface area contributed by atoms with Crippen LogP contribution in [0.1, 0.15) is 245 Å². The van der Waals surface area contributed by atoms with E-state index in [1.807, 2.05) is 6.20 Å². The number of pyridine rings is 1. The lowest BCUT2D eigenvalue weighted by molar-refractivity contribution is -0.931. The molecule has 0 radical (unpaired) electrons. The number of aromatic nitrogens is 1. The Morgan fingerprint density at radius 2 is 0.468 bits per heavy atom.